The number of aromatic nitrogens is 2. The van der Waals surface area contributed by atoms with E-state index >= 15 is 0 Å². The summed E-state index contributed by atoms with van der Waals surface area (Å²) in [4.78, 5) is 27.6. The Morgan fingerprint density at radius 2 is 2.08 bits per heavy atom. The fraction of sp³-hybridized carbons (Fsp3) is 0.235. The lowest BCUT2D eigenvalue weighted by Gasteiger charge is -2.16. The standard InChI is InChI=1S/C17H15N3O3S/c1-9-11-7-14(24-16(11)19(2)18-9)15(21)20-8-12(17(22)23)10-5-3-4-6-13(10)20/h3-7,12H,8H2,1-2H3,(H,22,23). The van der Waals surface area contributed by atoms with E-state index in [0.717, 1.165) is 15.9 Å². The SMILES string of the molecule is Cc1nn(C)c2sc(C(=O)N3CC(C(=O)O)c4ccccc43)cc12. The number of para-hydroxylation sites is 1. The van der Waals surface area contributed by atoms with E-state index in [9.17, 15) is 14.7 Å². The zero-order valence-electron chi connectivity index (χ0n) is 13.2. The van der Waals surface area contributed by atoms with E-state index in [1.54, 1.807) is 27.8 Å². The van der Waals surface area contributed by atoms with Crippen LogP contribution in [0.25, 0.3) is 10.2 Å². The van der Waals surface area contributed by atoms with Crippen molar-refractivity contribution in [2.24, 2.45) is 7.05 Å². The lowest BCUT2D eigenvalue weighted by molar-refractivity contribution is -0.138. The second-order valence-corrected chi connectivity index (χ2v) is 6.93. The van der Waals surface area contributed by atoms with Crippen molar-refractivity contribution in [1.29, 1.82) is 0 Å². The van der Waals surface area contributed by atoms with Gasteiger partial charge in [-0.05, 0) is 24.6 Å². The van der Waals surface area contributed by atoms with E-state index in [0.29, 0.717) is 16.1 Å². The summed E-state index contributed by atoms with van der Waals surface area (Å²) in [5, 5.41) is 14.7. The third-order valence-corrected chi connectivity index (χ3v) is 5.61. The number of carbonyl (C=O) groups excluding carboxylic acids is 1. The van der Waals surface area contributed by atoms with Gasteiger partial charge in [-0.15, -0.1) is 11.3 Å². The van der Waals surface area contributed by atoms with Crippen LogP contribution in [0.3, 0.4) is 0 Å². The molecule has 24 heavy (non-hydrogen) atoms. The number of hydrogen-bond acceptors (Lipinski definition) is 4. The highest BCUT2D eigenvalue weighted by molar-refractivity contribution is 7.20. The Balaban J connectivity index is 1.76. The third kappa shape index (κ3) is 2.05. The van der Waals surface area contributed by atoms with Gasteiger partial charge in [0.25, 0.3) is 5.91 Å². The number of amides is 1. The Morgan fingerprint density at radius 3 is 2.79 bits per heavy atom. The first kappa shape index (κ1) is 14.9. The van der Waals surface area contributed by atoms with E-state index < -0.39 is 11.9 Å². The predicted octanol–water partition coefficient (Wildman–Crippen LogP) is 2.77. The highest BCUT2D eigenvalue weighted by Gasteiger charge is 2.37. The molecule has 2 aromatic heterocycles. The van der Waals surface area contributed by atoms with Crippen LogP contribution in [0.5, 0.6) is 0 Å². The molecular weight excluding hydrogens is 326 g/mol. The summed E-state index contributed by atoms with van der Waals surface area (Å²) in [6.07, 6.45) is 0. The maximum atomic E-state index is 13.0. The van der Waals surface area contributed by atoms with Crippen molar-refractivity contribution in [1.82, 2.24) is 9.78 Å². The zero-order valence-corrected chi connectivity index (χ0v) is 14.0. The number of fused-ring (bicyclic) bond motifs is 2. The molecule has 1 unspecified atom stereocenters. The van der Waals surface area contributed by atoms with Crippen LogP contribution in [0.15, 0.2) is 30.3 Å². The number of rotatable bonds is 2. The van der Waals surface area contributed by atoms with Crippen molar-refractivity contribution in [2.75, 3.05) is 11.4 Å². The van der Waals surface area contributed by atoms with Crippen molar-refractivity contribution in [3.05, 3.63) is 46.5 Å². The molecule has 0 saturated carbocycles. The van der Waals surface area contributed by atoms with Gasteiger partial charge in [-0.1, -0.05) is 18.2 Å². The van der Waals surface area contributed by atoms with Crippen LogP contribution < -0.4 is 4.90 Å². The van der Waals surface area contributed by atoms with Gasteiger partial charge in [0.1, 0.15) is 10.7 Å². The summed E-state index contributed by atoms with van der Waals surface area (Å²) in [6.45, 7) is 2.08. The largest absolute Gasteiger partial charge is 0.481 e. The summed E-state index contributed by atoms with van der Waals surface area (Å²) in [5.41, 5.74) is 2.26. The molecule has 4 rings (SSSR count). The lowest BCUT2D eigenvalue weighted by Crippen LogP contribution is -2.30. The second-order valence-electron chi connectivity index (χ2n) is 5.90. The molecule has 7 heteroatoms. The van der Waals surface area contributed by atoms with Crippen molar-refractivity contribution < 1.29 is 14.7 Å². The smallest absolute Gasteiger partial charge is 0.312 e. The predicted molar refractivity (Wildman–Crippen MR) is 91.8 cm³/mol. The molecule has 6 nitrogen and oxygen atoms in total. The molecular formula is C17H15N3O3S. The molecule has 1 aliphatic heterocycles. The number of nitrogens with zero attached hydrogens (tertiary/aromatic N) is 3. The fourth-order valence-electron chi connectivity index (χ4n) is 3.25. The fourth-order valence-corrected chi connectivity index (χ4v) is 4.33. The first-order valence-electron chi connectivity index (χ1n) is 7.54. The molecule has 3 aromatic rings. The van der Waals surface area contributed by atoms with E-state index in [1.165, 1.54) is 11.3 Å². The molecule has 0 aliphatic carbocycles. The van der Waals surface area contributed by atoms with E-state index in [1.807, 2.05) is 26.1 Å². The second kappa shape index (κ2) is 5.17. The van der Waals surface area contributed by atoms with Crippen molar-refractivity contribution >= 4 is 39.1 Å². The summed E-state index contributed by atoms with van der Waals surface area (Å²) in [5.74, 6) is -1.75. The third-order valence-electron chi connectivity index (χ3n) is 4.42. The zero-order chi connectivity index (χ0) is 17.0. The maximum absolute atomic E-state index is 13.0. The van der Waals surface area contributed by atoms with E-state index in [4.69, 9.17) is 0 Å². The topological polar surface area (TPSA) is 75.4 Å². The van der Waals surface area contributed by atoms with E-state index in [2.05, 4.69) is 5.10 Å². The van der Waals surface area contributed by atoms with Gasteiger partial charge < -0.3 is 10.0 Å². The van der Waals surface area contributed by atoms with Crippen LogP contribution in [-0.2, 0) is 11.8 Å². The van der Waals surface area contributed by atoms with Crippen LogP contribution in [0.1, 0.15) is 26.8 Å². The minimum atomic E-state index is -0.908. The molecule has 122 valence electrons. The van der Waals surface area contributed by atoms with E-state index in [-0.39, 0.29) is 12.5 Å². The minimum Gasteiger partial charge on any atom is -0.481 e. The van der Waals surface area contributed by atoms with Gasteiger partial charge in [0.15, 0.2) is 0 Å². The molecule has 1 aromatic carbocycles. The van der Waals surface area contributed by atoms with Gasteiger partial charge in [-0.3, -0.25) is 14.3 Å². The Labute approximate surface area is 141 Å². The number of hydrogen-bond donors (Lipinski definition) is 1. The first-order chi connectivity index (χ1) is 11.5. The number of aryl methyl sites for hydroxylation is 2. The normalized spacial score (nSPS) is 16.6. The average Bonchev–Trinajstić information content (AvgIpc) is 3.22. The number of benzene rings is 1. The van der Waals surface area contributed by atoms with Crippen molar-refractivity contribution in [2.45, 2.75) is 12.8 Å². The molecule has 0 saturated heterocycles. The number of aliphatic carboxylic acids is 1. The summed E-state index contributed by atoms with van der Waals surface area (Å²) >= 11 is 1.39. The van der Waals surface area contributed by atoms with Gasteiger partial charge in [0.2, 0.25) is 0 Å². The van der Waals surface area contributed by atoms with Crippen molar-refractivity contribution in [3.8, 4) is 0 Å². The minimum absolute atomic E-state index is 0.160. The average molecular weight is 341 g/mol. The van der Waals surface area contributed by atoms with Crippen molar-refractivity contribution in [3.63, 3.8) is 0 Å². The number of carboxylic acid groups (broad SMARTS) is 1. The number of thiophene rings is 1. The van der Waals surface area contributed by atoms with Gasteiger partial charge in [0, 0.05) is 24.7 Å². The molecule has 1 aliphatic rings. The molecule has 0 spiro atoms. The van der Waals surface area contributed by atoms with Crippen LogP contribution in [0.4, 0.5) is 5.69 Å². The van der Waals surface area contributed by atoms with Gasteiger partial charge in [0.05, 0.1) is 10.6 Å². The highest BCUT2D eigenvalue weighted by Crippen LogP contribution is 2.38. The Morgan fingerprint density at radius 1 is 1.33 bits per heavy atom. The Hall–Kier alpha value is -2.67. The summed E-state index contributed by atoms with van der Waals surface area (Å²) < 4.78 is 1.77. The van der Waals surface area contributed by atoms with Crippen LogP contribution >= 0.6 is 11.3 Å². The van der Waals surface area contributed by atoms with Crippen LogP contribution in [0.2, 0.25) is 0 Å². The Kier molecular flexibility index (Phi) is 3.21. The number of carboxylic acids is 1. The summed E-state index contributed by atoms with van der Waals surface area (Å²) in [7, 11) is 1.85. The Bertz CT molecular complexity index is 954. The molecule has 3 heterocycles. The molecule has 1 atom stereocenters. The van der Waals surface area contributed by atoms with Crippen LogP contribution in [-0.4, -0.2) is 33.3 Å². The molecule has 0 bridgehead atoms. The highest BCUT2D eigenvalue weighted by atomic mass is 32.1. The summed E-state index contributed by atoms with van der Waals surface area (Å²) in [6, 6.07) is 9.05. The quantitative estimate of drug-likeness (QED) is 0.778. The lowest BCUT2D eigenvalue weighted by atomic mass is 10.0. The molecule has 0 radical (unpaired) electrons. The maximum Gasteiger partial charge on any atom is 0.312 e. The first-order valence-corrected chi connectivity index (χ1v) is 8.35. The molecule has 1 N–H and O–H groups in total. The van der Waals surface area contributed by atoms with Gasteiger partial charge >= 0.3 is 5.97 Å². The molecule has 0 fully saturated rings. The van der Waals surface area contributed by atoms with Gasteiger partial charge in [-0.2, -0.15) is 5.10 Å². The van der Waals surface area contributed by atoms with Gasteiger partial charge in [-0.25, -0.2) is 0 Å². The number of carbonyl (C=O) groups is 2. The van der Waals surface area contributed by atoms with Crippen LogP contribution in [0, 0.1) is 6.92 Å². The number of anilines is 1. The molecule has 1 amide bonds. The monoisotopic (exact) mass is 341 g/mol.